The quantitative estimate of drug-likeness (QED) is 0.319. The molecule has 0 bridgehead atoms. The van der Waals surface area contributed by atoms with E-state index >= 15 is 0 Å². The Morgan fingerprint density at radius 2 is 1.58 bits per heavy atom. The molecule has 196 valence electrons. The van der Waals surface area contributed by atoms with Crippen LogP contribution in [0.5, 0.6) is 5.75 Å². The fourth-order valence-corrected chi connectivity index (χ4v) is 4.95. The molecule has 0 spiro atoms. The summed E-state index contributed by atoms with van der Waals surface area (Å²) in [7, 11) is -3.75. The molecule has 1 unspecified atom stereocenters. The van der Waals surface area contributed by atoms with Crippen LogP contribution in [0.1, 0.15) is 55.3 Å². The van der Waals surface area contributed by atoms with Gasteiger partial charge in [-0.3, -0.25) is 9.59 Å². The Hall–Kier alpha value is -3.24. The summed E-state index contributed by atoms with van der Waals surface area (Å²) in [4.78, 5) is 38.0. The van der Waals surface area contributed by atoms with E-state index < -0.39 is 40.3 Å². The summed E-state index contributed by atoms with van der Waals surface area (Å²) < 4.78 is 37.4. The summed E-state index contributed by atoms with van der Waals surface area (Å²) in [5.41, 5.74) is 0.453. The van der Waals surface area contributed by atoms with Gasteiger partial charge in [0.15, 0.2) is 12.4 Å². The molecule has 0 radical (unpaired) electrons. The van der Waals surface area contributed by atoms with Crippen LogP contribution >= 0.6 is 0 Å². The third-order valence-corrected chi connectivity index (χ3v) is 7.53. The standard InChI is InChI=1S/C26H34N2O7S/c1-6-28(7-2)36(32,33)22-11-9-10-20(16-22)25(30)27-24(18(4)5)26(31)35-17-23(29)19-12-14-21(15-13-19)34-8-3/h9-16,18,24H,6-8,17H2,1-5H3,(H,27,30). The van der Waals surface area contributed by atoms with Gasteiger partial charge in [-0.2, -0.15) is 4.31 Å². The van der Waals surface area contributed by atoms with Gasteiger partial charge in [-0.05, 0) is 55.3 Å². The molecule has 36 heavy (non-hydrogen) atoms. The first kappa shape index (κ1) is 29.0. The Bertz CT molecular complexity index is 1160. The number of ether oxygens (including phenoxy) is 2. The van der Waals surface area contributed by atoms with Gasteiger partial charge in [0.05, 0.1) is 11.5 Å². The Balaban J connectivity index is 2.09. The normalized spacial score (nSPS) is 12.3. The summed E-state index contributed by atoms with van der Waals surface area (Å²) in [5, 5.41) is 2.60. The zero-order valence-electron chi connectivity index (χ0n) is 21.3. The van der Waals surface area contributed by atoms with E-state index in [1.54, 1.807) is 52.0 Å². The third-order valence-electron chi connectivity index (χ3n) is 5.48. The number of hydrogen-bond donors (Lipinski definition) is 1. The molecule has 0 fully saturated rings. The van der Waals surface area contributed by atoms with Crippen molar-refractivity contribution >= 4 is 27.7 Å². The van der Waals surface area contributed by atoms with Crippen LogP contribution in [-0.4, -0.2) is 62.7 Å². The number of carbonyl (C=O) groups is 3. The summed E-state index contributed by atoms with van der Waals surface area (Å²) in [5.74, 6) is -1.49. The average molecular weight is 519 g/mol. The van der Waals surface area contributed by atoms with Gasteiger partial charge in [-0.25, -0.2) is 13.2 Å². The van der Waals surface area contributed by atoms with Gasteiger partial charge in [0.25, 0.3) is 5.91 Å². The number of carbonyl (C=O) groups excluding carboxylic acids is 3. The van der Waals surface area contributed by atoms with E-state index in [0.717, 1.165) is 0 Å². The van der Waals surface area contributed by atoms with Crippen LogP contribution in [0.2, 0.25) is 0 Å². The number of nitrogens with zero attached hydrogens (tertiary/aromatic N) is 1. The number of esters is 1. The highest BCUT2D eigenvalue weighted by Gasteiger charge is 2.28. The molecule has 0 aromatic heterocycles. The minimum atomic E-state index is -3.75. The van der Waals surface area contributed by atoms with Crippen LogP contribution in [0, 0.1) is 5.92 Å². The first-order valence-corrected chi connectivity index (χ1v) is 13.3. The van der Waals surface area contributed by atoms with E-state index in [4.69, 9.17) is 9.47 Å². The molecule has 0 saturated carbocycles. The third kappa shape index (κ3) is 7.38. The Kier molecular flexibility index (Phi) is 10.6. The maximum Gasteiger partial charge on any atom is 0.329 e. The Morgan fingerprint density at radius 1 is 0.944 bits per heavy atom. The highest BCUT2D eigenvalue weighted by Crippen LogP contribution is 2.18. The van der Waals surface area contributed by atoms with Gasteiger partial charge in [0.1, 0.15) is 11.8 Å². The van der Waals surface area contributed by atoms with Crippen LogP contribution in [0.3, 0.4) is 0 Å². The van der Waals surface area contributed by atoms with E-state index in [1.165, 1.54) is 28.6 Å². The molecule has 1 atom stereocenters. The molecule has 2 rings (SSSR count). The van der Waals surface area contributed by atoms with Crippen molar-refractivity contribution in [3.63, 3.8) is 0 Å². The molecule has 0 aliphatic rings. The van der Waals surface area contributed by atoms with Crippen molar-refractivity contribution in [2.45, 2.75) is 45.6 Å². The molecule has 0 saturated heterocycles. The first-order valence-electron chi connectivity index (χ1n) is 11.9. The van der Waals surface area contributed by atoms with E-state index in [-0.39, 0.29) is 16.4 Å². The van der Waals surface area contributed by atoms with Crippen LogP contribution in [-0.2, 0) is 19.6 Å². The fraction of sp³-hybridized carbons (Fsp3) is 0.423. The molecular formula is C26H34N2O7S. The zero-order valence-corrected chi connectivity index (χ0v) is 22.1. The molecule has 1 N–H and O–H groups in total. The second-order valence-electron chi connectivity index (χ2n) is 8.30. The summed E-state index contributed by atoms with van der Waals surface area (Å²) in [6.07, 6.45) is 0. The molecule has 0 aliphatic carbocycles. The number of hydrogen-bond acceptors (Lipinski definition) is 7. The lowest BCUT2D eigenvalue weighted by Crippen LogP contribution is -2.45. The fourth-order valence-electron chi connectivity index (χ4n) is 3.45. The SMILES string of the molecule is CCOc1ccc(C(=O)COC(=O)C(NC(=O)c2cccc(S(=O)(=O)N(CC)CC)c2)C(C)C)cc1. The second kappa shape index (κ2) is 13.2. The smallest absolute Gasteiger partial charge is 0.329 e. The summed E-state index contributed by atoms with van der Waals surface area (Å²) >= 11 is 0. The van der Waals surface area contributed by atoms with Crippen molar-refractivity contribution in [2.75, 3.05) is 26.3 Å². The molecule has 10 heteroatoms. The minimum Gasteiger partial charge on any atom is -0.494 e. The molecule has 2 aromatic carbocycles. The topological polar surface area (TPSA) is 119 Å². The number of amides is 1. The van der Waals surface area contributed by atoms with Crippen molar-refractivity contribution in [3.05, 3.63) is 59.7 Å². The Morgan fingerprint density at radius 3 is 2.14 bits per heavy atom. The van der Waals surface area contributed by atoms with E-state index in [2.05, 4.69) is 5.32 Å². The molecule has 9 nitrogen and oxygen atoms in total. The van der Waals surface area contributed by atoms with E-state index in [9.17, 15) is 22.8 Å². The lowest BCUT2D eigenvalue weighted by Gasteiger charge is -2.21. The number of ketones is 1. The summed E-state index contributed by atoms with van der Waals surface area (Å²) in [6.45, 7) is 9.38. The number of benzene rings is 2. The maximum atomic E-state index is 12.9. The van der Waals surface area contributed by atoms with E-state index in [0.29, 0.717) is 31.0 Å². The number of rotatable bonds is 13. The number of nitrogens with one attached hydrogen (secondary N) is 1. The van der Waals surface area contributed by atoms with Crippen molar-refractivity contribution in [2.24, 2.45) is 5.92 Å². The van der Waals surface area contributed by atoms with Crippen LogP contribution < -0.4 is 10.1 Å². The molecule has 0 aliphatic heterocycles. The maximum absolute atomic E-state index is 12.9. The predicted octanol–water partition coefficient (Wildman–Crippen LogP) is 3.30. The van der Waals surface area contributed by atoms with Crippen molar-refractivity contribution in [1.29, 1.82) is 0 Å². The van der Waals surface area contributed by atoms with Crippen LogP contribution in [0.4, 0.5) is 0 Å². The van der Waals surface area contributed by atoms with E-state index in [1.807, 2.05) is 6.92 Å². The number of sulfonamides is 1. The average Bonchev–Trinajstić information content (AvgIpc) is 2.86. The lowest BCUT2D eigenvalue weighted by molar-refractivity contribution is -0.145. The van der Waals surface area contributed by atoms with Crippen LogP contribution in [0.25, 0.3) is 0 Å². The highest BCUT2D eigenvalue weighted by atomic mass is 32.2. The van der Waals surface area contributed by atoms with Gasteiger partial charge in [0, 0.05) is 24.2 Å². The van der Waals surface area contributed by atoms with Gasteiger partial charge in [-0.15, -0.1) is 0 Å². The van der Waals surface area contributed by atoms with Crippen LogP contribution in [0.15, 0.2) is 53.4 Å². The molecular weight excluding hydrogens is 484 g/mol. The second-order valence-corrected chi connectivity index (χ2v) is 10.2. The zero-order chi connectivity index (χ0) is 26.9. The largest absolute Gasteiger partial charge is 0.494 e. The van der Waals surface area contributed by atoms with Gasteiger partial charge in [-0.1, -0.05) is 33.8 Å². The summed E-state index contributed by atoms with van der Waals surface area (Å²) in [6, 6.07) is 11.1. The molecule has 1 amide bonds. The van der Waals surface area contributed by atoms with Gasteiger partial charge in [0.2, 0.25) is 10.0 Å². The minimum absolute atomic E-state index is 0.0107. The van der Waals surface area contributed by atoms with Gasteiger partial charge < -0.3 is 14.8 Å². The monoisotopic (exact) mass is 518 g/mol. The molecule has 0 heterocycles. The van der Waals surface area contributed by atoms with Crippen molar-refractivity contribution < 1.29 is 32.3 Å². The predicted molar refractivity (Wildman–Crippen MR) is 136 cm³/mol. The number of Topliss-reactive ketones (excluding diaryl/α,β-unsaturated/α-hetero) is 1. The Labute approximate surface area is 212 Å². The highest BCUT2D eigenvalue weighted by molar-refractivity contribution is 7.89. The van der Waals surface area contributed by atoms with Gasteiger partial charge >= 0.3 is 5.97 Å². The van der Waals surface area contributed by atoms with Crippen molar-refractivity contribution in [1.82, 2.24) is 9.62 Å². The molecule has 2 aromatic rings. The lowest BCUT2D eigenvalue weighted by atomic mass is 10.0. The van der Waals surface area contributed by atoms with Crippen molar-refractivity contribution in [3.8, 4) is 5.75 Å². The first-order chi connectivity index (χ1) is 17.0.